The van der Waals surface area contributed by atoms with Crippen LogP contribution in [-0.2, 0) is 10.0 Å². The Kier molecular flexibility index (Phi) is 4.09. The third kappa shape index (κ3) is 2.95. The highest BCUT2D eigenvalue weighted by Gasteiger charge is 2.24. The van der Waals surface area contributed by atoms with Crippen LogP contribution in [0, 0.1) is 6.92 Å². The number of methoxy groups -OCH3 is 1. The number of hydrogen-bond acceptors (Lipinski definition) is 4. The van der Waals surface area contributed by atoms with Gasteiger partial charge in [0.1, 0.15) is 10.6 Å². The monoisotopic (exact) mass is 306 g/mol. The predicted octanol–water partition coefficient (Wildman–Crippen LogP) is 2.41. The van der Waals surface area contributed by atoms with Crippen molar-refractivity contribution in [1.82, 2.24) is 0 Å². The number of aryl methyl sites for hydroxylation is 1. The van der Waals surface area contributed by atoms with E-state index in [4.69, 9.17) is 10.5 Å². The molecule has 0 heterocycles. The molecule has 0 aliphatic rings. The third-order valence-electron chi connectivity index (χ3n) is 3.22. The number of ether oxygens (including phenoxy) is 1. The van der Waals surface area contributed by atoms with E-state index in [0.29, 0.717) is 11.4 Å². The molecule has 0 fully saturated rings. The zero-order chi connectivity index (χ0) is 15.6. The van der Waals surface area contributed by atoms with Gasteiger partial charge in [0, 0.05) is 13.1 Å². The third-order valence-corrected chi connectivity index (χ3v) is 5.08. The second-order valence-corrected chi connectivity index (χ2v) is 6.65. The summed E-state index contributed by atoms with van der Waals surface area (Å²) >= 11 is 0. The van der Waals surface area contributed by atoms with Gasteiger partial charge in [-0.05, 0) is 36.8 Å². The molecule has 0 bridgehead atoms. The Morgan fingerprint density at radius 2 is 1.86 bits per heavy atom. The van der Waals surface area contributed by atoms with E-state index in [2.05, 4.69) is 0 Å². The van der Waals surface area contributed by atoms with Crippen LogP contribution in [0.1, 0.15) is 5.56 Å². The summed E-state index contributed by atoms with van der Waals surface area (Å²) in [5.41, 5.74) is 7.58. The van der Waals surface area contributed by atoms with Crippen LogP contribution in [0.15, 0.2) is 47.4 Å². The van der Waals surface area contributed by atoms with E-state index in [9.17, 15) is 8.42 Å². The number of sulfonamides is 1. The molecule has 0 aliphatic heterocycles. The summed E-state index contributed by atoms with van der Waals surface area (Å²) in [7, 11) is -0.702. The molecule has 112 valence electrons. The van der Waals surface area contributed by atoms with E-state index < -0.39 is 10.0 Å². The summed E-state index contributed by atoms with van der Waals surface area (Å²) in [5.74, 6) is 0.518. The predicted molar refractivity (Wildman–Crippen MR) is 84.2 cm³/mol. The molecule has 2 N–H and O–H groups in total. The smallest absolute Gasteiger partial charge is 0.266 e. The van der Waals surface area contributed by atoms with Crippen LogP contribution in [0.4, 0.5) is 11.4 Å². The minimum Gasteiger partial charge on any atom is -0.497 e. The van der Waals surface area contributed by atoms with Gasteiger partial charge in [-0.15, -0.1) is 0 Å². The second-order valence-electron chi connectivity index (χ2n) is 4.72. The van der Waals surface area contributed by atoms with Gasteiger partial charge in [-0.3, -0.25) is 4.31 Å². The Bertz CT molecular complexity index is 757. The molecule has 0 atom stereocenters. The van der Waals surface area contributed by atoms with Crippen LogP contribution in [0.5, 0.6) is 5.75 Å². The topological polar surface area (TPSA) is 72.6 Å². The molecule has 0 spiro atoms. The van der Waals surface area contributed by atoms with E-state index in [-0.39, 0.29) is 10.6 Å². The van der Waals surface area contributed by atoms with Gasteiger partial charge in [-0.2, -0.15) is 0 Å². The number of benzene rings is 2. The second kappa shape index (κ2) is 5.65. The van der Waals surface area contributed by atoms with Gasteiger partial charge in [-0.25, -0.2) is 8.42 Å². The molecule has 5 nitrogen and oxygen atoms in total. The molecule has 0 unspecified atom stereocenters. The lowest BCUT2D eigenvalue weighted by molar-refractivity contribution is 0.414. The fraction of sp³-hybridized carbons (Fsp3) is 0.200. The number of hydrogen-bond donors (Lipinski definition) is 1. The van der Waals surface area contributed by atoms with Crippen molar-refractivity contribution < 1.29 is 13.2 Å². The summed E-state index contributed by atoms with van der Waals surface area (Å²) in [5, 5.41) is 0. The van der Waals surface area contributed by atoms with Gasteiger partial charge in [0.2, 0.25) is 0 Å². The lowest BCUT2D eigenvalue weighted by atomic mass is 10.2. The molecule has 2 aromatic carbocycles. The molecule has 6 heteroatoms. The maximum absolute atomic E-state index is 12.7. The molecular weight excluding hydrogens is 288 g/mol. The summed E-state index contributed by atoms with van der Waals surface area (Å²) in [6.07, 6.45) is 0. The minimum atomic E-state index is -3.71. The van der Waals surface area contributed by atoms with Crippen molar-refractivity contribution in [3.05, 3.63) is 48.0 Å². The van der Waals surface area contributed by atoms with Crippen molar-refractivity contribution in [1.29, 1.82) is 0 Å². The first kappa shape index (κ1) is 15.2. The van der Waals surface area contributed by atoms with Crippen LogP contribution < -0.4 is 14.8 Å². The van der Waals surface area contributed by atoms with E-state index in [1.807, 2.05) is 19.1 Å². The first-order valence-corrected chi connectivity index (χ1v) is 7.79. The van der Waals surface area contributed by atoms with Crippen LogP contribution in [0.2, 0.25) is 0 Å². The highest BCUT2D eigenvalue weighted by molar-refractivity contribution is 7.93. The molecule has 21 heavy (non-hydrogen) atoms. The number of anilines is 2. The standard InChI is InChI=1S/C15H18N2O3S/c1-11-5-4-6-12(9-11)17(2)21(18,19)15-8-7-13(20-3)10-14(15)16/h4-10H,16H2,1-3H3. The molecule has 0 amide bonds. The first-order valence-electron chi connectivity index (χ1n) is 6.35. The molecule has 0 saturated heterocycles. The Morgan fingerprint density at radius 1 is 1.14 bits per heavy atom. The zero-order valence-corrected chi connectivity index (χ0v) is 13.0. The Balaban J connectivity index is 2.47. The molecule has 2 rings (SSSR count). The fourth-order valence-electron chi connectivity index (χ4n) is 2.00. The van der Waals surface area contributed by atoms with Crippen molar-refractivity contribution in [2.24, 2.45) is 0 Å². The molecule has 0 saturated carbocycles. The SMILES string of the molecule is COc1ccc(S(=O)(=O)N(C)c2cccc(C)c2)c(N)c1. The van der Waals surface area contributed by atoms with Crippen molar-refractivity contribution >= 4 is 21.4 Å². The average Bonchev–Trinajstić information content (AvgIpc) is 2.45. The van der Waals surface area contributed by atoms with Gasteiger partial charge in [-0.1, -0.05) is 12.1 Å². The van der Waals surface area contributed by atoms with Crippen molar-refractivity contribution in [2.45, 2.75) is 11.8 Å². The van der Waals surface area contributed by atoms with Gasteiger partial charge in [0.25, 0.3) is 10.0 Å². The van der Waals surface area contributed by atoms with E-state index in [1.165, 1.54) is 30.6 Å². The van der Waals surface area contributed by atoms with Gasteiger partial charge in [0.15, 0.2) is 0 Å². The van der Waals surface area contributed by atoms with Crippen LogP contribution in [0.25, 0.3) is 0 Å². The van der Waals surface area contributed by atoms with Gasteiger partial charge < -0.3 is 10.5 Å². The Labute approximate surface area is 125 Å². The number of nitrogens with zero attached hydrogens (tertiary/aromatic N) is 1. The quantitative estimate of drug-likeness (QED) is 0.880. The summed E-state index contributed by atoms with van der Waals surface area (Å²) in [6, 6.07) is 11.8. The summed E-state index contributed by atoms with van der Waals surface area (Å²) < 4.78 is 31.6. The van der Waals surface area contributed by atoms with E-state index in [0.717, 1.165) is 5.56 Å². The first-order chi connectivity index (χ1) is 9.86. The molecular formula is C15H18N2O3S. The molecule has 0 aliphatic carbocycles. The largest absolute Gasteiger partial charge is 0.497 e. The molecule has 2 aromatic rings. The zero-order valence-electron chi connectivity index (χ0n) is 12.2. The lowest BCUT2D eigenvalue weighted by Gasteiger charge is -2.21. The highest BCUT2D eigenvalue weighted by Crippen LogP contribution is 2.28. The minimum absolute atomic E-state index is 0.0623. The van der Waals surface area contributed by atoms with Crippen LogP contribution in [-0.4, -0.2) is 22.6 Å². The maximum atomic E-state index is 12.7. The molecule has 0 radical (unpaired) electrons. The fourth-order valence-corrected chi connectivity index (χ4v) is 3.28. The van der Waals surface area contributed by atoms with E-state index in [1.54, 1.807) is 18.2 Å². The number of rotatable bonds is 4. The average molecular weight is 306 g/mol. The summed E-state index contributed by atoms with van der Waals surface area (Å²) in [4.78, 5) is 0.0623. The molecule has 0 aromatic heterocycles. The van der Waals surface area contributed by atoms with Gasteiger partial charge >= 0.3 is 0 Å². The van der Waals surface area contributed by atoms with Gasteiger partial charge in [0.05, 0.1) is 18.5 Å². The van der Waals surface area contributed by atoms with Crippen molar-refractivity contribution in [3.8, 4) is 5.75 Å². The Hall–Kier alpha value is -2.21. The number of nitrogens with two attached hydrogens (primary N) is 1. The van der Waals surface area contributed by atoms with Crippen LogP contribution in [0.3, 0.4) is 0 Å². The highest BCUT2D eigenvalue weighted by atomic mass is 32.2. The van der Waals surface area contributed by atoms with Crippen molar-refractivity contribution in [2.75, 3.05) is 24.2 Å². The summed E-state index contributed by atoms with van der Waals surface area (Å²) in [6.45, 7) is 1.91. The normalized spacial score (nSPS) is 11.2. The Morgan fingerprint density at radius 3 is 2.43 bits per heavy atom. The van der Waals surface area contributed by atoms with Crippen LogP contribution >= 0.6 is 0 Å². The lowest BCUT2D eigenvalue weighted by Crippen LogP contribution is -2.27. The number of nitrogen functional groups attached to an aromatic ring is 1. The maximum Gasteiger partial charge on any atom is 0.266 e. The van der Waals surface area contributed by atoms with E-state index >= 15 is 0 Å². The van der Waals surface area contributed by atoms with Crippen molar-refractivity contribution in [3.63, 3.8) is 0 Å².